The zero-order valence-electron chi connectivity index (χ0n) is 17.5. The number of carbonyl (C=O) groups is 1. The lowest BCUT2D eigenvalue weighted by Crippen LogP contribution is -2.13. The summed E-state index contributed by atoms with van der Waals surface area (Å²) in [6.07, 6.45) is 4.50. The number of carboxylic acids is 1. The highest BCUT2D eigenvalue weighted by atomic mass is 32.1. The predicted octanol–water partition coefficient (Wildman–Crippen LogP) is 5.07. The normalized spacial score (nSPS) is 11.0. The first kappa shape index (κ1) is 20.9. The number of benzene rings is 1. The van der Waals surface area contributed by atoms with Gasteiger partial charge in [0.05, 0.1) is 22.6 Å². The molecule has 4 aromatic rings. The monoisotopic (exact) mass is 436 g/mol. The van der Waals surface area contributed by atoms with Gasteiger partial charge in [-0.15, -0.1) is 0 Å². The van der Waals surface area contributed by atoms with Crippen molar-refractivity contribution in [2.75, 3.05) is 18.5 Å². The van der Waals surface area contributed by atoms with E-state index in [2.05, 4.69) is 22.2 Å². The molecule has 0 spiro atoms. The van der Waals surface area contributed by atoms with Gasteiger partial charge in [0.1, 0.15) is 18.1 Å². The first-order valence-corrected chi connectivity index (χ1v) is 11.0. The molecule has 0 radical (unpaired) electrons. The van der Waals surface area contributed by atoms with Crippen molar-refractivity contribution in [2.24, 2.45) is 0 Å². The average Bonchev–Trinajstić information content (AvgIpc) is 3.38. The molecule has 31 heavy (non-hydrogen) atoms. The molecule has 1 aromatic carbocycles. The summed E-state index contributed by atoms with van der Waals surface area (Å²) in [5.41, 5.74) is 2.92. The Balaban J connectivity index is 1.63. The van der Waals surface area contributed by atoms with Gasteiger partial charge in [0.15, 0.2) is 5.13 Å². The quantitative estimate of drug-likeness (QED) is 0.381. The van der Waals surface area contributed by atoms with E-state index in [0.717, 1.165) is 50.9 Å². The van der Waals surface area contributed by atoms with Crippen molar-refractivity contribution >= 4 is 33.3 Å². The molecule has 8 heteroatoms. The van der Waals surface area contributed by atoms with Crippen molar-refractivity contribution in [2.45, 2.75) is 26.8 Å². The summed E-state index contributed by atoms with van der Waals surface area (Å²) in [6.45, 7) is 5.74. The standard InChI is InChI=1S/C23H24N4O3S/c1-3-9-25-23-26-14-20(31-23)21-17-13-19(22(28)29)27(18(17)8-10-24-21)11-12-30-16-6-4-15(2)5-7-16/h4-8,10,13-14H,3,9,11-12H2,1-2H3,(H,25,26)(H,28,29). The summed E-state index contributed by atoms with van der Waals surface area (Å²) in [4.78, 5) is 21.8. The molecular formula is C23H24N4O3S. The maximum absolute atomic E-state index is 11.9. The van der Waals surface area contributed by atoms with Gasteiger partial charge < -0.3 is 19.7 Å². The second-order valence-corrected chi connectivity index (χ2v) is 8.23. The Kier molecular flexibility index (Phi) is 6.18. The van der Waals surface area contributed by atoms with Gasteiger partial charge in [0.2, 0.25) is 0 Å². The summed E-state index contributed by atoms with van der Waals surface area (Å²) in [7, 11) is 0. The fraction of sp³-hybridized carbons (Fsp3) is 0.261. The number of aryl methyl sites for hydroxylation is 1. The minimum absolute atomic E-state index is 0.214. The van der Waals surface area contributed by atoms with Crippen molar-refractivity contribution in [1.82, 2.24) is 14.5 Å². The first-order valence-electron chi connectivity index (χ1n) is 10.2. The van der Waals surface area contributed by atoms with E-state index < -0.39 is 5.97 Å². The van der Waals surface area contributed by atoms with E-state index in [1.165, 1.54) is 11.3 Å². The summed E-state index contributed by atoms with van der Waals surface area (Å²) < 4.78 is 7.60. The van der Waals surface area contributed by atoms with Crippen LogP contribution in [0, 0.1) is 6.92 Å². The minimum Gasteiger partial charge on any atom is -0.492 e. The van der Waals surface area contributed by atoms with Gasteiger partial charge in [-0.05, 0) is 37.6 Å². The lowest BCUT2D eigenvalue weighted by Gasteiger charge is -2.10. The summed E-state index contributed by atoms with van der Waals surface area (Å²) >= 11 is 1.51. The summed E-state index contributed by atoms with van der Waals surface area (Å²) in [6, 6.07) is 11.3. The Hall–Kier alpha value is -3.39. The van der Waals surface area contributed by atoms with Crippen LogP contribution in [0.2, 0.25) is 0 Å². The second-order valence-electron chi connectivity index (χ2n) is 7.20. The highest BCUT2D eigenvalue weighted by Gasteiger charge is 2.19. The highest BCUT2D eigenvalue weighted by molar-refractivity contribution is 7.18. The number of anilines is 1. The Morgan fingerprint density at radius 1 is 1.23 bits per heavy atom. The minimum atomic E-state index is -0.980. The molecular weight excluding hydrogens is 412 g/mol. The van der Waals surface area contributed by atoms with Crippen molar-refractivity contribution in [3.8, 4) is 16.3 Å². The van der Waals surface area contributed by atoms with E-state index in [0.29, 0.717) is 13.2 Å². The van der Waals surface area contributed by atoms with Gasteiger partial charge in [-0.25, -0.2) is 9.78 Å². The lowest BCUT2D eigenvalue weighted by atomic mass is 10.2. The molecule has 0 unspecified atom stereocenters. The molecule has 0 saturated heterocycles. The molecule has 0 aliphatic heterocycles. The fourth-order valence-corrected chi connectivity index (χ4v) is 4.24. The van der Waals surface area contributed by atoms with Gasteiger partial charge in [0, 0.05) is 24.3 Å². The van der Waals surface area contributed by atoms with Crippen LogP contribution in [0.5, 0.6) is 5.75 Å². The zero-order chi connectivity index (χ0) is 21.8. The molecule has 0 atom stereocenters. The Labute approximate surface area is 184 Å². The van der Waals surface area contributed by atoms with Crippen LogP contribution in [0.15, 0.2) is 48.8 Å². The van der Waals surface area contributed by atoms with E-state index in [9.17, 15) is 9.90 Å². The van der Waals surface area contributed by atoms with Gasteiger partial charge in [-0.2, -0.15) is 0 Å². The Morgan fingerprint density at radius 3 is 2.77 bits per heavy atom. The maximum atomic E-state index is 11.9. The lowest BCUT2D eigenvalue weighted by molar-refractivity contribution is 0.0684. The molecule has 4 rings (SSSR count). The Bertz CT molecular complexity index is 1200. The first-order chi connectivity index (χ1) is 15.1. The number of hydrogen-bond acceptors (Lipinski definition) is 6. The third kappa shape index (κ3) is 4.54. The number of fused-ring (bicyclic) bond motifs is 1. The number of carboxylic acid groups (broad SMARTS) is 1. The fourth-order valence-electron chi connectivity index (χ4n) is 3.39. The number of nitrogens with one attached hydrogen (secondary N) is 1. The molecule has 7 nitrogen and oxygen atoms in total. The number of hydrogen-bond donors (Lipinski definition) is 2. The number of aromatic nitrogens is 3. The largest absolute Gasteiger partial charge is 0.492 e. The topological polar surface area (TPSA) is 89.3 Å². The van der Waals surface area contributed by atoms with E-state index in [1.54, 1.807) is 23.0 Å². The molecule has 160 valence electrons. The third-order valence-electron chi connectivity index (χ3n) is 4.92. The molecule has 0 amide bonds. The van der Waals surface area contributed by atoms with Crippen molar-refractivity contribution < 1.29 is 14.6 Å². The van der Waals surface area contributed by atoms with Gasteiger partial charge in [-0.1, -0.05) is 36.0 Å². The molecule has 3 heterocycles. The third-order valence-corrected chi connectivity index (χ3v) is 5.88. The Morgan fingerprint density at radius 2 is 2.03 bits per heavy atom. The van der Waals surface area contributed by atoms with Crippen LogP contribution in [0.1, 0.15) is 29.4 Å². The van der Waals surface area contributed by atoms with Gasteiger partial charge in [0.25, 0.3) is 0 Å². The highest BCUT2D eigenvalue weighted by Crippen LogP contribution is 2.34. The molecule has 0 aliphatic rings. The van der Waals surface area contributed by atoms with Crippen molar-refractivity contribution in [1.29, 1.82) is 0 Å². The molecule has 0 fully saturated rings. The summed E-state index contributed by atoms with van der Waals surface area (Å²) in [5.74, 6) is -0.217. The van der Waals surface area contributed by atoms with Crippen LogP contribution >= 0.6 is 11.3 Å². The molecule has 0 bridgehead atoms. The smallest absolute Gasteiger partial charge is 0.352 e. The van der Waals surface area contributed by atoms with Crippen LogP contribution in [0.4, 0.5) is 5.13 Å². The van der Waals surface area contributed by atoms with Crippen LogP contribution < -0.4 is 10.1 Å². The van der Waals surface area contributed by atoms with E-state index in [1.807, 2.05) is 37.3 Å². The number of thiazole rings is 1. The van der Waals surface area contributed by atoms with E-state index in [-0.39, 0.29) is 5.69 Å². The number of pyridine rings is 1. The molecule has 0 aliphatic carbocycles. The number of aromatic carboxylic acids is 1. The maximum Gasteiger partial charge on any atom is 0.352 e. The summed E-state index contributed by atoms with van der Waals surface area (Å²) in [5, 5.41) is 14.7. The zero-order valence-corrected chi connectivity index (χ0v) is 18.3. The van der Waals surface area contributed by atoms with Gasteiger partial charge >= 0.3 is 5.97 Å². The molecule has 2 N–H and O–H groups in total. The average molecular weight is 437 g/mol. The van der Waals surface area contributed by atoms with Crippen LogP contribution in [-0.4, -0.2) is 38.8 Å². The van der Waals surface area contributed by atoms with E-state index >= 15 is 0 Å². The number of rotatable bonds is 9. The number of ether oxygens (including phenoxy) is 1. The van der Waals surface area contributed by atoms with E-state index in [4.69, 9.17) is 4.74 Å². The van der Waals surface area contributed by atoms with Crippen LogP contribution in [0.25, 0.3) is 21.5 Å². The predicted molar refractivity (Wildman–Crippen MR) is 123 cm³/mol. The van der Waals surface area contributed by atoms with Crippen molar-refractivity contribution in [3.63, 3.8) is 0 Å². The van der Waals surface area contributed by atoms with Crippen LogP contribution in [-0.2, 0) is 6.54 Å². The SMILES string of the molecule is CCCNc1ncc(-c2nccc3c2cc(C(=O)O)n3CCOc2ccc(C)cc2)s1. The molecule has 0 saturated carbocycles. The van der Waals surface area contributed by atoms with Crippen molar-refractivity contribution in [3.05, 3.63) is 60.0 Å². The van der Waals surface area contributed by atoms with Crippen LogP contribution in [0.3, 0.4) is 0 Å². The van der Waals surface area contributed by atoms with Gasteiger partial charge in [-0.3, -0.25) is 4.98 Å². The number of nitrogens with zero attached hydrogens (tertiary/aromatic N) is 3. The second kappa shape index (κ2) is 9.18. The molecule has 3 aromatic heterocycles.